The van der Waals surface area contributed by atoms with Crippen molar-refractivity contribution in [2.45, 2.75) is 19.4 Å². The highest BCUT2D eigenvalue weighted by Gasteiger charge is 2.31. The van der Waals surface area contributed by atoms with Gasteiger partial charge in [0.05, 0.1) is 19.3 Å². The van der Waals surface area contributed by atoms with Crippen LogP contribution in [0.25, 0.3) is 0 Å². The second-order valence-electron chi connectivity index (χ2n) is 6.91. The Morgan fingerprint density at radius 2 is 2.08 bits per heavy atom. The molecule has 1 atom stereocenters. The third-order valence-corrected chi connectivity index (χ3v) is 5.33. The summed E-state index contributed by atoms with van der Waals surface area (Å²) >= 11 is 0. The minimum atomic E-state index is -0.0633. The van der Waals surface area contributed by atoms with Crippen LogP contribution in [0.5, 0.6) is 0 Å². The van der Waals surface area contributed by atoms with Gasteiger partial charge in [-0.25, -0.2) is 4.79 Å². The molecule has 25 heavy (non-hydrogen) atoms. The number of piperazine rings is 1. The van der Waals surface area contributed by atoms with E-state index in [2.05, 4.69) is 10.2 Å². The van der Waals surface area contributed by atoms with E-state index in [4.69, 9.17) is 4.74 Å². The van der Waals surface area contributed by atoms with Crippen LogP contribution in [0.15, 0.2) is 18.2 Å². The monoisotopic (exact) mass is 344 g/mol. The Morgan fingerprint density at radius 1 is 1.20 bits per heavy atom. The first-order valence-corrected chi connectivity index (χ1v) is 8.90. The molecule has 7 heteroatoms. The van der Waals surface area contributed by atoms with E-state index in [9.17, 15) is 9.59 Å². The molecule has 0 radical (unpaired) electrons. The normalized spacial score (nSPS) is 23.2. The standard InChI is InChI=1S/C18H24N4O3/c1-13(23)22-5-4-14-10-15(2-3-17(14)22)19-18(24)21-7-6-20-8-9-25-12-16(20)11-21/h2-3,10,16H,4-9,11-12H2,1H3,(H,19,24). The van der Waals surface area contributed by atoms with Crippen molar-refractivity contribution in [3.8, 4) is 0 Å². The Kier molecular flexibility index (Phi) is 4.35. The number of morpholine rings is 1. The molecule has 3 amide bonds. The number of nitrogens with one attached hydrogen (secondary N) is 1. The molecule has 0 aromatic heterocycles. The number of carbonyl (C=O) groups is 2. The lowest BCUT2D eigenvalue weighted by molar-refractivity contribution is -0.116. The van der Waals surface area contributed by atoms with E-state index in [1.165, 1.54) is 0 Å². The van der Waals surface area contributed by atoms with E-state index >= 15 is 0 Å². The maximum absolute atomic E-state index is 12.6. The van der Waals surface area contributed by atoms with Gasteiger partial charge in [-0.05, 0) is 30.2 Å². The number of urea groups is 1. The molecule has 1 aromatic carbocycles. The number of nitrogens with zero attached hydrogens (tertiary/aromatic N) is 3. The summed E-state index contributed by atoms with van der Waals surface area (Å²) < 4.78 is 5.53. The van der Waals surface area contributed by atoms with Gasteiger partial charge in [0.25, 0.3) is 0 Å². The van der Waals surface area contributed by atoms with Crippen LogP contribution in [0.4, 0.5) is 16.2 Å². The number of benzene rings is 1. The summed E-state index contributed by atoms with van der Waals surface area (Å²) in [7, 11) is 0. The van der Waals surface area contributed by atoms with Crippen LogP contribution in [0.2, 0.25) is 0 Å². The topological polar surface area (TPSA) is 65.1 Å². The number of anilines is 2. The zero-order valence-electron chi connectivity index (χ0n) is 14.5. The zero-order valence-corrected chi connectivity index (χ0v) is 14.5. The van der Waals surface area contributed by atoms with Crippen molar-refractivity contribution >= 4 is 23.3 Å². The summed E-state index contributed by atoms with van der Waals surface area (Å²) in [6.45, 7) is 7.08. The smallest absolute Gasteiger partial charge is 0.321 e. The Balaban J connectivity index is 1.41. The highest BCUT2D eigenvalue weighted by Crippen LogP contribution is 2.30. The van der Waals surface area contributed by atoms with E-state index in [1.54, 1.807) is 11.8 Å². The lowest BCUT2D eigenvalue weighted by Crippen LogP contribution is -2.59. The van der Waals surface area contributed by atoms with Crippen molar-refractivity contribution in [1.29, 1.82) is 0 Å². The van der Waals surface area contributed by atoms with Gasteiger partial charge in [-0.15, -0.1) is 0 Å². The van der Waals surface area contributed by atoms with E-state index in [0.29, 0.717) is 25.7 Å². The van der Waals surface area contributed by atoms with Crippen LogP contribution in [-0.2, 0) is 16.0 Å². The summed E-state index contributed by atoms with van der Waals surface area (Å²) in [4.78, 5) is 30.3. The number of rotatable bonds is 1. The number of carbonyl (C=O) groups excluding carboxylic acids is 2. The third kappa shape index (κ3) is 3.21. The molecule has 7 nitrogen and oxygen atoms in total. The molecule has 2 fully saturated rings. The van der Waals surface area contributed by atoms with Crippen LogP contribution in [0, 0.1) is 0 Å². The van der Waals surface area contributed by atoms with Gasteiger partial charge >= 0.3 is 6.03 Å². The van der Waals surface area contributed by atoms with Gasteiger partial charge in [0.15, 0.2) is 0 Å². The minimum absolute atomic E-state index is 0.0584. The maximum atomic E-state index is 12.6. The Labute approximate surface area is 147 Å². The van der Waals surface area contributed by atoms with Crippen molar-refractivity contribution in [2.75, 3.05) is 56.2 Å². The number of hydrogen-bond donors (Lipinski definition) is 1. The molecule has 0 aliphatic carbocycles. The third-order valence-electron chi connectivity index (χ3n) is 5.33. The number of fused-ring (bicyclic) bond motifs is 2. The van der Waals surface area contributed by atoms with Crippen LogP contribution in [0.3, 0.4) is 0 Å². The van der Waals surface area contributed by atoms with Gasteiger partial charge in [0.1, 0.15) is 0 Å². The predicted octanol–water partition coefficient (Wildman–Crippen LogP) is 1.14. The van der Waals surface area contributed by atoms with E-state index in [0.717, 1.165) is 49.6 Å². The van der Waals surface area contributed by atoms with E-state index in [1.807, 2.05) is 23.1 Å². The van der Waals surface area contributed by atoms with Crippen LogP contribution >= 0.6 is 0 Å². The van der Waals surface area contributed by atoms with Gasteiger partial charge in [-0.2, -0.15) is 0 Å². The van der Waals surface area contributed by atoms with Crippen LogP contribution in [0.1, 0.15) is 12.5 Å². The van der Waals surface area contributed by atoms with Crippen molar-refractivity contribution < 1.29 is 14.3 Å². The number of hydrogen-bond acceptors (Lipinski definition) is 4. The molecule has 1 unspecified atom stereocenters. The summed E-state index contributed by atoms with van der Waals surface area (Å²) in [5.41, 5.74) is 2.86. The number of amides is 3. The highest BCUT2D eigenvalue weighted by molar-refractivity contribution is 5.95. The van der Waals surface area contributed by atoms with Gasteiger partial charge in [0.2, 0.25) is 5.91 Å². The largest absolute Gasteiger partial charge is 0.378 e. The molecule has 1 N–H and O–H groups in total. The fourth-order valence-electron chi connectivity index (χ4n) is 3.94. The van der Waals surface area contributed by atoms with Gasteiger partial charge < -0.3 is 19.9 Å². The SMILES string of the molecule is CC(=O)N1CCc2cc(NC(=O)N3CCN4CCOCC4C3)ccc21. The van der Waals surface area contributed by atoms with Crippen molar-refractivity contribution in [1.82, 2.24) is 9.80 Å². The molecule has 2 saturated heterocycles. The molecule has 1 aromatic rings. The summed E-state index contributed by atoms with van der Waals surface area (Å²) in [5.74, 6) is 0.0584. The molecule has 3 heterocycles. The van der Waals surface area contributed by atoms with Gasteiger partial charge in [-0.3, -0.25) is 9.69 Å². The fraction of sp³-hybridized carbons (Fsp3) is 0.556. The second-order valence-corrected chi connectivity index (χ2v) is 6.91. The molecular formula is C18H24N4O3. The van der Waals surface area contributed by atoms with E-state index < -0.39 is 0 Å². The highest BCUT2D eigenvalue weighted by atomic mass is 16.5. The predicted molar refractivity (Wildman–Crippen MR) is 94.9 cm³/mol. The van der Waals surface area contributed by atoms with Gasteiger partial charge in [0, 0.05) is 51.0 Å². The zero-order chi connectivity index (χ0) is 17.4. The van der Waals surface area contributed by atoms with Crippen molar-refractivity contribution in [2.24, 2.45) is 0 Å². The minimum Gasteiger partial charge on any atom is -0.378 e. The molecule has 134 valence electrons. The Hall–Kier alpha value is -2.12. The number of ether oxygens (including phenoxy) is 1. The van der Waals surface area contributed by atoms with Crippen LogP contribution < -0.4 is 10.2 Å². The van der Waals surface area contributed by atoms with Crippen molar-refractivity contribution in [3.63, 3.8) is 0 Å². The molecular weight excluding hydrogens is 320 g/mol. The quantitative estimate of drug-likeness (QED) is 0.830. The lowest BCUT2D eigenvalue weighted by Gasteiger charge is -2.43. The first kappa shape index (κ1) is 16.4. The summed E-state index contributed by atoms with van der Waals surface area (Å²) in [5, 5.41) is 3.01. The average Bonchev–Trinajstić information content (AvgIpc) is 3.04. The first-order valence-electron chi connectivity index (χ1n) is 8.90. The molecule has 3 aliphatic heterocycles. The molecule has 0 bridgehead atoms. The molecule has 4 rings (SSSR count). The maximum Gasteiger partial charge on any atom is 0.321 e. The Bertz CT molecular complexity index is 693. The second kappa shape index (κ2) is 6.65. The van der Waals surface area contributed by atoms with Gasteiger partial charge in [-0.1, -0.05) is 0 Å². The fourth-order valence-corrected chi connectivity index (χ4v) is 3.94. The summed E-state index contributed by atoms with van der Waals surface area (Å²) in [6.07, 6.45) is 0.830. The molecule has 0 spiro atoms. The lowest BCUT2D eigenvalue weighted by atomic mass is 10.1. The van der Waals surface area contributed by atoms with E-state index in [-0.39, 0.29) is 11.9 Å². The van der Waals surface area contributed by atoms with Crippen LogP contribution in [-0.4, -0.2) is 73.7 Å². The Morgan fingerprint density at radius 3 is 2.92 bits per heavy atom. The summed E-state index contributed by atoms with van der Waals surface area (Å²) in [6, 6.07) is 6.02. The average molecular weight is 344 g/mol. The molecule has 3 aliphatic rings. The van der Waals surface area contributed by atoms with Crippen molar-refractivity contribution in [3.05, 3.63) is 23.8 Å². The molecule has 0 saturated carbocycles. The first-order chi connectivity index (χ1) is 12.1.